The Morgan fingerprint density at radius 2 is 1.65 bits per heavy atom. The number of amides is 1. The van der Waals surface area contributed by atoms with Crippen molar-refractivity contribution in [3.63, 3.8) is 0 Å². The fourth-order valence-electron chi connectivity index (χ4n) is 6.74. The largest absolute Gasteiger partial charge is 0.354 e. The lowest BCUT2D eigenvalue weighted by Gasteiger charge is -2.42. The van der Waals surface area contributed by atoms with Gasteiger partial charge in [-0.2, -0.15) is 0 Å². The molecule has 1 amide bonds. The smallest absolute Gasteiger partial charge is 0.227 e. The number of aromatic nitrogens is 4. The number of piperidine rings is 1. The summed E-state index contributed by atoms with van der Waals surface area (Å²) in [6.07, 6.45) is 15.2. The summed E-state index contributed by atoms with van der Waals surface area (Å²) in [4.78, 5) is 34.9. The summed E-state index contributed by atoms with van der Waals surface area (Å²) in [6, 6.07) is 0.751. The van der Waals surface area contributed by atoms with Crippen molar-refractivity contribution in [1.82, 2.24) is 29.3 Å². The molecule has 2 aromatic heterocycles. The molecule has 0 bridgehead atoms. The van der Waals surface area contributed by atoms with Crippen LogP contribution < -0.4 is 4.90 Å². The van der Waals surface area contributed by atoms with Gasteiger partial charge in [-0.1, -0.05) is 25.7 Å². The van der Waals surface area contributed by atoms with E-state index < -0.39 is 0 Å². The molecule has 8 heteroatoms. The van der Waals surface area contributed by atoms with Crippen molar-refractivity contribution in [3.8, 4) is 0 Å². The highest BCUT2D eigenvalue weighted by Crippen LogP contribution is 2.30. The van der Waals surface area contributed by atoms with Crippen LogP contribution in [0.4, 0.5) is 5.82 Å². The lowest BCUT2D eigenvalue weighted by molar-refractivity contribution is -0.138. The third kappa shape index (κ3) is 4.30. The third-order valence-electron chi connectivity index (χ3n) is 8.66. The molecule has 2 aromatic rings. The summed E-state index contributed by atoms with van der Waals surface area (Å²) in [7, 11) is 0. The zero-order chi connectivity index (χ0) is 22.9. The summed E-state index contributed by atoms with van der Waals surface area (Å²) < 4.78 is 2.30. The highest BCUT2D eigenvalue weighted by atomic mass is 16.2. The number of imidazole rings is 1. The normalized spacial score (nSPS) is 25.4. The summed E-state index contributed by atoms with van der Waals surface area (Å²) in [5, 5.41) is 0. The van der Waals surface area contributed by atoms with Crippen LogP contribution in [0.2, 0.25) is 0 Å². The number of rotatable bonds is 3. The van der Waals surface area contributed by atoms with Crippen molar-refractivity contribution in [3.05, 3.63) is 12.2 Å². The minimum atomic E-state index is 0.0560. The predicted molar refractivity (Wildman–Crippen MR) is 133 cm³/mol. The Morgan fingerprint density at radius 3 is 2.50 bits per heavy atom. The van der Waals surface area contributed by atoms with Gasteiger partial charge in [0.1, 0.15) is 12.2 Å². The molecule has 3 aliphatic heterocycles. The van der Waals surface area contributed by atoms with Crippen LogP contribution >= 0.6 is 0 Å². The highest BCUT2D eigenvalue weighted by molar-refractivity contribution is 5.85. The first-order valence-corrected chi connectivity index (χ1v) is 13.8. The third-order valence-corrected chi connectivity index (χ3v) is 8.66. The Bertz CT molecular complexity index is 1010. The van der Waals surface area contributed by atoms with Crippen LogP contribution in [0, 0.1) is 5.92 Å². The maximum absolute atomic E-state index is 13.5. The van der Waals surface area contributed by atoms with Gasteiger partial charge in [-0.15, -0.1) is 0 Å². The van der Waals surface area contributed by atoms with Crippen LogP contribution in [-0.2, 0) is 17.8 Å². The average Bonchev–Trinajstić information content (AvgIpc) is 3.09. The number of carbonyl (C=O) groups is 1. The predicted octanol–water partition coefficient (Wildman–Crippen LogP) is 3.25. The van der Waals surface area contributed by atoms with E-state index in [1.165, 1.54) is 51.4 Å². The Morgan fingerprint density at radius 1 is 0.824 bits per heavy atom. The molecule has 184 valence electrons. The zero-order valence-electron chi connectivity index (χ0n) is 20.5. The van der Waals surface area contributed by atoms with Gasteiger partial charge in [0.2, 0.25) is 5.91 Å². The van der Waals surface area contributed by atoms with Crippen LogP contribution in [0.25, 0.3) is 11.2 Å². The molecule has 3 fully saturated rings. The van der Waals surface area contributed by atoms with E-state index in [2.05, 4.69) is 29.2 Å². The molecule has 0 aromatic carbocycles. The number of fused-ring (bicyclic) bond motifs is 3. The maximum atomic E-state index is 13.5. The van der Waals surface area contributed by atoms with Crippen molar-refractivity contribution >= 4 is 22.9 Å². The van der Waals surface area contributed by atoms with Gasteiger partial charge in [0.05, 0.1) is 5.92 Å². The fraction of sp³-hybridized carbons (Fsp3) is 0.769. The quantitative estimate of drug-likeness (QED) is 0.693. The Kier molecular flexibility index (Phi) is 6.41. The topological polar surface area (TPSA) is 70.4 Å². The Hall–Kier alpha value is -2.22. The second kappa shape index (κ2) is 9.80. The van der Waals surface area contributed by atoms with Gasteiger partial charge in [-0.25, -0.2) is 15.0 Å². The molecule has 1 saturated carbocycles. The molecule has 4 aliphatic rings. The number of aryl methyl sites for hydroxylation is 2. The molecule has 1 aliphatic carbocycles. The molecule has 1 atom stereocenters. The molecule has 6 rings (SSSR count). The first-order valence-electron chi connectivity index (χ1n) is 13.8. The number of hydrogen-bond acceptors (Lipinski definition) is 6. The molecule has 34 heavy (non-hydrogen) atoms. The number of piperazine rings is 1. The molecule has 2 saturated heterocycles. The zero-order valence-corrected chi connectivity index (χ0v) is 20.5. The van der Waals surface area contributed by atoms with Crippen molar-refractivity contribution in [1.29, 1.82) is 0 Å². The Labute approximate surface area is 202 Å². The van der Waals surface area contributed by atoms with Gasteiger partial charge < -0.3 is 14.4 Å². The first-order chi connectivity index (χ1) is 16.8. The maximum Gasteiger partial charge on any atom is 0.227 e. The Balaban J connectivity index is 1.13. The molecular weight excluding hydrogens is 426 g/mol. The summed E-state index contributed by atoms with van der Waals surface area (Å²) in [5.74, 6) is 2.47. The van der Waals surface area contributed by atoms with E-state index in [9.17, 15) is 4.79 Å². The SMILES string of the molecule is O=C([C@@H]1CCCN(c2ncnc3c2nc2n3CCCCC2)C1)N1CCN(C2CCCCC2)CC1. The lowest BCUT2D eigenvalue weighted by Crippen LogP contribution is -2.54. The van der Waals surface area contributed by atoms with Gasteiger partial charge >= 0.3 is 0 Å². The second-order valence-electron chi connectivity index (χ2n) is 10.8. The summed E-state index contributed by atoms with van der Waals surface area (Å²) in [6.45, 7) is 6.54. The minimum absolute atomic E-state index is 0.0560. The second-order valence-corrected chi connectivity index (χ2v) is 10.8. The van der Waals surface area contributed by atoms with E-state index in [1.807, 2.05) is 0 Å². The lowest BCUT2D eigenvalue weighted by atomic mass is 9.93. The molecule has 8 nitrogen and oxygen atoms in total. The van der Waals surface area contributed by atoms with Crippen molar-refractivity contribution in [2.45, 2.75) is 83.2 Å². The van der Waals surface area contributed by atoms with E-state index in [4.69, 9.17) is 4.98 Å². The molecule has 0 spiro atoms. The number of nitrogens with zero attached hydrogens (tertiary/aromatic N) is 7. The number of hydrogen-bond donors (Lipinski definition) is 0. The molecule has 0 unspecified atom stereocenters. The van der Waals surface area contributed by atoms with Crippen LogP contribution in [0.1, 0.15) is 70.0 Å². The summed E-state index contributed by atoms with van der Waals surface area (Å²) >= 11 is 0. The van der Waals surface area contributed by atoms with E-state index in [-0.39, 0.29) is 5.92 Å². The van der Waals surface area contributed by atoms with Gasteiger partial charge in [-0.3, -0.25) is 9.69 Å². The van der Waals surface area contributed by atoms with Gasteiger partial charge in [-0.05, 0) is 38.5 Å². The molecule has 5 heterocycles. The van der Waals surface area contributed by atoms with Gasteiger partial charge in [0.15, 0.2) is 17.0 Å². The summed E-state index contributed by atoms with van der Waals surface area (Å²) in [5.41, 5.74) is 1.89. The average molecular weight is 466 g/mol. The fourth-order valence-corrected chi connectivity index (χ4v) is 6.74. The van der Waals surface area contributed by atoms with E-state index in [0.717, 1.165) is 93.9 Å². The molecule has 0 N–H and O–H groups in total. The standard InChI is InChI=1S/C26H39N7O/c34-26(31-16-14-30(15-17-31)21-9-3-1-4-10-21)20-8-7-12-32(18-20)24-23-25(28-19-27-24)33-13-6-2-5-11-22(33)29-23/h19-21H,1-18H2/t20-/m1/s1. The van der Waals surface area contributed by atoms with Crippen LogP contribution in [-0.4, -0.2) is 80.5 Å². The van der Waals surface area contributed by atoms with E-state index >= 15 is 0 Å². The van der Waals surface area contributed by atoms with Crippen molar-refractivity contribution in [2.24, 2.45) is 5.92 Å². The monoisotopic (exact) mass is 465 g/mol. The van der Waals surface area contributed by atoms with E-state index in [1.54, 1.807) is 6.33 Å². The van der Waals surface area contributed by atoms with Crippen LogP contribution in [0.15, 0.2) is 6.33 Å². The van der Waals surface area contributed by atoms with Crippen LogP contribution in [0.5, 0.6) is 0 Å². The van der Waals surface area contributed by atoms with E-state index in [0.29, 0.717) is 5.91 Å². The van der Waals surface area contributed by atoms with Crippen molar-refractivity contribution < 1.29 is 4.79 Å². The van der Waals surface area contributed by atoms with Gasteiger partial charge in [0, 0.05) is 58.3 Å². The molecule has 0 radical (unpaired) electrons. The van der Waals surface area contributed by atoms with Gasteiger partial charge in [0.25, 0.3) is 0 Å². The van der Waals surface area contributed by atoms with Crippen molar-refractivity contribution in [2.75, 3.05) is 44.2 Å². The minimum Gasteiger partial charge on any atom is -0.354 e. The number of carbonyl (C=O) groups excluding carboxylic acids is 1. The number of anilines is 1. The first kappa shape index (κ1) is 22.3. The highest BCUT2D eigenvalue weighted by Gasteiger charge is 2.34. The van der Waals surface area contributed by atoms with Crippen LogP contribution in [0.3, 0.4) is 0 Å². The molecular formula is C26H39N7O.